The number of fused-ring (bicyclic) bond motifs is 1. The number of aliphatic hydroxyl groups excluding tert-OH is 1. The summed E-state index contributed by atoms with van der Waals surface area (Å²) in [6.45, 7) is 7.62. The van der Waals surface area contributed by atoms with Gasteiger partial charge in [-0.05, 0) is 50.7 Å². The molecule has 0 fully saturated rings. The minimum Gasteiger partial charge on any atom is -0.486 e. The number of para-hydroxylation sites is 1. The molecule has 200 valence electrons. The van der Waals surface area contributed by atoms with Gasteiger partial charge in [-0.3, -0.25) is 19.5 Å². The maximum atomic E-state index is 13.6. The van der Waals surface area contributed by atoms with Gasteiger partial charge in [-0.2, -0.15) is 0 Å². The second-order valence-corrected chi connectivity index (χ2v) is 10.2. The Morgan fingerprint density at radius 1 is 1.21 bits per heavy atom. The number of likely N-dealkylation sites (N-methyl/N-ethyl adjacent to an activating group) is 1. The summed E-state index contributed by atoms with van der Waals surface area (Å²) in [4.78, 5) is 34.5. The van der Waals surface area contributed by atoms with Gasteiger partial charge < -0.3 is 20.1 Å². The summed E-state index contributed by atoms with van der Waals surface area (Å²) >= 11 is 0. The van der Waals surface area contributed by atoms with E-state index >= 15 is 0 Å². The first kappa shape index (κ1) is 27.3. The van der Waals surface area contributed by atoms with Crippen molar-refractivity contribution in [2.45, 2.75) is 39.5 Å². The highest BCUT2D eigenvalue weighted by molar-refractivity contribution is 6.07. The second kappa shape index (κ2) is 12.2. The largest absolute Gasteiger partial charge is 0.486 e. The maximum absolute atomic E-state index is 13.6. The predicted octanol–water partition coefficient (Wildman–Crippen LogP) is 3.99. The molecule has 4 rings (SSSR count). The van der Waals surface area contributed by atoms with Gasteiger partial charge in [0.15, 0.2) is 5.75 Å². The van der Waals surface area contributed by atoms with Crippen molar-refractivity contribution in [2.75, 3.05) is 32.1 Å². The van der Waals surface area contributed by atoms with E-state index in [1.165, 1.54) is 11.1 Å². The van der Waals surface area contributed by atoms with Crippen LogP contribution in [-0.2, 0) is 6.54 Å². The Labute approximate surface area is 224 Å². The first-order chi connectivity index (χ1) is 18.3. The summed E-state index contributed by atoms with van der Waals surface area (Å²) < 4.78 is 6.60. The molecule has 2 N–H and O–H groups in total. The number of amides is 2. The van der Waals surface area contributed by atoms with Crippen molar-refractivity contribution in [3.8, 4) is 5.75 Å². The van der Waals surface area contributed by atoms with E-state index in [9.17, 15) is 14.7 Å². The van der Waals surface area contributed by atoms with Crippen molar-refractivity contribution in [3.05, 3.63) is 89.2 Å². The second-order valence-electron chi connectivity index (χ2n) is 10.2. The molecule has 2 aromatic carbocycles. The van der Waals surface area contributed by atoms with Crippen molar-refractivity contribution in [1.29, 1.82) is 0 Å². The zero-order chi connectivity index (χ0) is 27.2. The lowest BCUT2D eigenvalue weighted by Crippen LogP contribution is -2.49. The highest BCUT2D eigenvalue weighted by Crippen LogP contribution is 2.35. The van der Waals surface area contributed by atoms with Gasteiger partial charge in [-0.25, -0.2) is 0 Å². The molecule has 0 bridgehead atoms. The number of pyridine rings is 1. The summed E-state index contributed by atoms with van der Waals surface area (Å²) in [6.07, 6.45) is 2.84. The zero-order valence-electron chi connectivity index (χ0n) is 22.4. The number of hydrogen-bond acceptors (Lipinski definition) is 6. The lowest BCUT2D eigenvalue weighted by atomic mass is 9.98. The molecular weight excluding hydrogens is 480 g/mol. The number of benzene rings is 2. The molecule has 0 aliphatic carbocycles. The normalized spacial score (nSPS) is 18.3. The van der Waals surface area contributed by atoms with Crippen LogP contribution in [0.1, 0.15) is 45.7 Å². The van der Waals surface area contributed by atoms with Crippen LogP contribution in [-0.4, -0.2) is 70.6 Å². The highest BCUT2D eigenvalue weighted by Gasteiger charge is 2.34. The molecule has 8 nitrogen and oxygen atoms in total. The summed E-state index contributed by atoms with van der Waals surface area (Å²) in [5.74, 6) is -0.249. The van der Waals surface area contributed by atoms with E-state index in [1.54, 1.807) is 47.6 Å². The molecular formula is C30H36N4O4. The molecule has 0 spiro atoms. The van der Waals surface area contributed by atoms with E-state index in [2.05, 4.69) is 60.4 Å². The van der Waals surface area contributed by atoms with E-state index < -0.39 is 0 Å². The minimum atomic E-state index is -0.364. The molecule has 2 amide bonds. The van der Waals surface area contributed by atoms with Crippen molar-refractivity contribution in [3.63, 3.8) is 0 Å². The fourth-order valence-corrected chi connectivity index (χ4v) is 4.75. The molecule has 3 aromatic rings. The van der Waals surface area contributed by atoms with E-state index in [4.69, 9.17) is 4.74 Å². The molecule has 38 heavy (non-hydrogen) atoms. The summed E-state index contributed by atoms with van der Waals surface area (Å²) in [5, 5.41) is 12.8. The van der Waals surface area contributed by atoms with Crippen LogP contribution >= 0.6 is 0 Å². The Morgan fingerprint density at radius 3 is 2.66 bits per heavy atom. The van der Waals surface area contributed by atoms with Crippen molar-refractivity contribution < 1.29 is 19.4 Å². The molecule has 0 saturated carbocycles. The number of aromatic nitrogens is 1. The maximum Gasteiger partial charge on any atom is 0.258 e. The Balaban J connectivity index is 1.67. The monoisotopic (exact) mass is 516 g/mol. The van der Waals surface area contributed by atoms with Gasteiger partial charge in [0.1, 0.15) is 6.10 Å². The molecule has 1 aliphatic rings. The number of nitrogens with zero attached hydrogens (tertiary/aromatic N) is 3. The topological polar surface area (TPSA) is 95.0 Å². The predicted molar refractivity (Wildman–Crippen MR) is 147 cm³/mol. The van der Waals surface area contributed by atoms with Gasteiger partial charge in [-0.1, -0.05) is 42.8 Å². The number of aryl methyl sites for hydroxylation is 1. The number of aliphatic hydroxyl groups is 1. The Kier molecular flexibility index (Phi) is 8.76. The first-order valence-corrected chi connectivity index (χ1v) is 12.9. The van der Waals surface area contributed by atoms with Gasteiger partial charge in [-0.15, -0.1) is 0 Å². The highest BCUT2D eigenvalue weighted by atomic mass is 16.5. The van der Waals surface area contributed by atoms with Crippen LogP contribution in [0.5, 0.6) is 5.75 Å². The third-order valence-corrected chi connectivity index (χ3v) is 6.91. The Bertz CT molecular complexity index is 1270. The van der Waals surface area contributed by atoms with Crippen LogP contribution in [0.25, 0.3) is 0 Å². The van der Waals surface area contributed by atoms with Gasteiger partial charge in [0.05, 0.1) is 23.9 Å². The number of rotatable bonds is 8. The van der Waals surface area contributed by atoms with Crippen LogP contribution in [0.3, 0.4) is 0 Å². The quantitative estimate of drug-likeness (QED) is 0.470. The number of anilines is 1. The van der Waals surface area contributed by atoms with Crippen LogP contribution in [0, 0.1) is 12.8 Å². The zero-order valence-corrected chi connectivity index (χ0v) is 22.4. The number of carbonyl (C=O) groups excluding carboxylic acids is 2. The van der Waals surface area contributed by atoms with Crippen LogP contribution < -0.4 is 10.1 Å². The Morgan fingerprint density at radius 2 is 1.95 bits per heavy atom. The average Bonchev–Trinajstić information content (AvgIpc) is 2.91. The van der Waals surface area contributed by atoms with Gasteiger partial charge in [0.2, 0.25) is 0 Å². The van der Waals surface area contributed by atoms with Crippen LogP contribution in [0.2, 0.25) is 0 Å². The third kappa shape index (κ3) is 6.38. The summed E-state index contributed by atoms with van der Waals surface area (Å²) in [5.41, 5.74) is 3.66. The molecule has 0 radical (unpaired) electrons. The fourth-order valence-electron chi connectivity index (χ4n) is 4.75. The van der Waals surface area contributed by atoms with Crippen molar-refractivity contribution >= 4 is 17.5 Å². The molecule has 2 heterocycles. The number of nitrogens with one attached hydrogen (secondary N) is 1. The third-order valence-electron chi connectivity index (χ3n) is 6.91. The Hall–Kier alpha value is -3.75. The van der Waals surface area contributed by atoms with Crippen LogP contribution in [0.4, 0.5) is 5.69 Å². The molecule has 1 aliphatic heterocycles. The first-order valence-electron chi connectivity index (χ1n) is 12.9. The molecule has 1 aromatic heterocycles. The van der Waals surface area contributed by atoms with Gasteiger partial charge in [0.25, 0.3) is 11.8 Å². The molecule has 0 unspecified atom stereocenters. The minimum absolute atomic E-state index is 0.0370. The SMILES string of the molecule is Cc1cccc(CN(C)C[C@H]2Oc3c(NC(=O)c4ccncc4)cccc3C(=O)N([C@@H](C)CO)C[C@@H]2C)c1. The molecule has 8 heteroatoms. The smallest absolute Gasteiger partial charge is 0.258 e. The van der Waals surface area contributed by atoms with Crippen molar-refractivity contribution in [2.24, 2.45) is 5.92 Å². The summed E-state index contributed by atoms with van der Waals surface area (Å²) in [6, 6.07) is 16.5. The van der Waals surface area contributed by atoms with E-state index in [0.717, 1.165) is 6.54 Å². The number of carbonyl (C=O) groups is 2. The van der Waals surface area contributed by atoms with E-state index in [1.807, 2.05) is 6.92 Å². The van der Waals surface area contributed by atoms with Crippen molar-refractivity contribution in [1.82, 2.24) is 14.8 Å². The fraction of sp³-hybridized carbons (Fsp3) is 0.367. The lowest BCUT2D eigenvalue weighted by Gasteiger charge is -2.38. The van der Waals surface area contributed by atoms with E-state index in [-0.39, 0.29) is 36.5 Å². The summed E-state index contributed by atoms with van der Waals surface area (Å²) in [7, 11) is 2.05. The molecule has 0 saturated heterocycles. The standard InChI is InChI=1S/C30H36N4O4/c1-20-7-5-8-23(15-20)17-33(4)18-27-21(2)16-34(22(3)19-35)30(37)25-9-6-10-26(28(25)38-27)32-29(36)24-11-13-31-14-12-24/h5-15,21-22,27,35H,16-19H2,1-4H3,(H,32,36)/t21-,22-,27+/m0/s1. The number of ether oxygens (including phenoxy) is 1. The number of hydrogen-bond donors (Lipinski definition) is 2. The molecule has 3 atom stereocenters. The lowest BCUT2D eigenvalue weighted by molar-refractivity contribution is 0.0343. The van der Waals surface area contributed by atoms with Gasteiger partial charge >= 0.3 is 0 Å². The van der Waals surface area contributed by atoms with Crippen LogP contribution in [0.15, 0.2) is 67.0 Å². The average molecular weight is 517 g/mol. The van der Waals surface area contributed by atoms with E-state index in [0.29, 0.717) is 35.7 Å². The van der Waals surface area contributed by atoms with Gasteiger partial charge in [0, 0.05) is 43.5 Å².